The van der Waals surface area contributed by atoms with E-state index in [2.05, 4.69) is 9.72 Å². The average Bonchev–Trinajstić information content (AvgIpc) is 2.85. The standard InChI is InChI=1S/C14H10F2N2O2S/c1-8-7-21-13(18-8)11(6-17)12(19)9-3-2-4-10(5-9)20-14(15)16/h2-5,7,11,14H,1H3. The fourth-order valence-electron chi connectivity index (χ4n) is 1.72. The van der Waals surface area contributed by atoms with E-state index < -0.39 is 18.3 Å². The minimum atomic E-state index is -2.97. The molecule has 0 aliphatic carbocycles. The quantitative estimate of drug-likeness (QED) is 0.793. The molecule has 1 aromatic heterocycles. The maximum absolute atomic E-state index is 12.3. The number of benzene rings is 1. The van der Waals surface area contributed by atoms with Gasteiger partial charge in [0.1, 0.15) is 10.8 Å². The van der Waals surface area contributed by atoms with Gasteiger partial charge < -0.3 is 4.74 Å². The number of carbonyl (C=O) groups is 1. The molecule has 0 bridgehead atoms. The smallest absolute Gasteiger partial charge is 0.387 e. The molecule has 0 aliphatic heterocycles. The van der Waals surface area contributed by atoms with E-state index in [1.807, 2.05) is 6.07 Å². The van der Waals surface area contributed by atoms with Crippen LogP contribution < -0.4 is 4.74 Å². The first-order valence-corrected chi connectivity index (χ1v) is 6.80. The highest BCUT2D eigenvalue weighted by Gasteiger charge is 2.25. The van der Waals surface area contributed by atoms with Crippen molar-refractivity contribution in [1.82, 2.24) is 4.98 Å². The number of halogens is 2. The Hall–Kier alpha value is -2.33. The number of alkyl halides is 2. The van der Waals surface area contributed by atoms with Gasteiger partial charge in [0, 0.05) is 16.6 Å². The van der Waals surface area contributed by atoms with Crippen molar-refractivity contribution in [2.24, 2.45) is 0 Å². The summed E-state index contributed by atoms with van der Waals surface area (Å²) in [5.41, 5.74) is 0.852. The molecule has 0 saturated heterocycles. The van der Waals surface area contributed by atoms with Crippen molar-refractivity contribution >= 4 is 17.1 Å². The average molecular weight is 308 g/mol. The van der Waals surface area contributed by atoms with Crippen molar-refractivity contribution in [3.8, 4) is 11.8 Å². The van der Waals surface area contributed by atoms with Gasteiger partial charge in [0.15, 0.2) is 11.7 Å². The lowest BCUT2D eigenvalue weighted by atomic mass is 9.99. The Kier molecular flexibility index (Phi) is 4.60. The topological polar surface area (TPSA) is 63.0 Å². The van der Waals surface area contributed by atoms with Crippen molar-refractivity contribution in [1.29, 1.82) is 5.26 Å². The van der Waals surface area contributed by atoms with Crippen LogP contribution in [0.4, 0.5) is 8.78 Å². The van der Waals surface area contributed by atoms with E-state index in [9.17, 15) is 18.8 Å². The Morgan fingerprint density at radius 2 is 2.24 bits per heavy atom. The second-order valence-corrected chi connectivity index (χ2v) is 5.05. The first kappa shape index (κ1) is 15.1. The van der Waals surface area contributed by atoms with Gasteiger partial charge in [-0.15, -0.1) is 11.3 Å². The summed E-state index contributed by atoms with van der Waals surface area (Å²) in [4.78, 5) is 16.4. The highest BCUT2D eigenvalue weighted by atomic mass is 32.1. The van der Waals surface area contributed by atoms with E-state index in [0.717, 1.165) is 5.69 Å². The summed E-state index contributed by atoms with van der Waals surface area (Å²) in [7, 11) is 0. The van der Waals surface area contributed by atoms with Crippen LogP contribution in [0.2, 0.25) is 0 Å². The van der Waals surface area contributed by atoms with E-state index in [4.69, 9.17) is 0 Å². The molecule has 108 valence electrons. The number of hydrogen-bond donors (Lipinski definition) is 0. The minimum absolute atomic E-state index is 0.122. The maximum atomic E-state index is 12.3. The molecule has 0 aliphatic rings. The maximum Gasteiger partial charge on any atom is 0.387 e. The largest absolute Gasteiger partial charge is 0.435 e. The van der Waals surface area contributed by atoms with Crippen molar-refractivity contribution in [2.45, 2.75) is 19.5 Å². The molecule has 2 aromatic rings. The molecule has 4 nitrogen and oxygen atoms in total. The van der Waals surface area contributed by atoms with Gasteiger partial charge in [0.25, 0.3) is 0 Å². The normalized spacial score (nSPS) is 12.0. The first-order chi connectivity index (χ1) is 10.0. The molecule has 1 unspecified atom stereocenters. The summed E-state index contributed by atoms with van der Waals surface area (Å²) in [6.45, 7) is -1.21. The number of carbonyl (C=O) groups excluding carboxylic acids is 1. The molecule has 0 fully saturated rings. The monoisotopic (exact) mass is 308 g/mol. The van der Waals surface area contributed by atoms with E-state index >= 15 is 0 Å². The number of Topliss-reactive ketones (excluding diaryl/α,β-unsaturated/α-hetero) is 1. The zero-order valence-electron chi connectivity index (χ0n) is 10.9. The zero-order valence-corrected chi connectivity index (χ0v) is 11.7. The molecule has 0 amide bonds. The third kappa shape index (κ3) is 3.61. The lowest BCUT2D eigenvalue weighted by molar-refractivity contribution is -0.0498. The molecule has 2 rings (SSSR count). The van der Waals surface area contributed by atoms with Crippen molar-refractivity contribution in [3.63, 3.8) is 0 Å². The SMILES string of the molecule is Cc1csc(C(C#N)C(=O)c2cccc(OC(F)F)c2)n1. The number of rotatable bonds is 5. The van der Waals surface area contributed by atoms with Gasteiger partial charge in [-0.05, 0) is 19.1 Å². The Labute approximate surface area is 123 Å². The van der Waals surface area contributed by atoms with Crippen LogP contribution in [0.1, 0.15) is 27.0 Å². The number of nitriles is 1. The van der Waals surface area contributed by atoms with Crippen LogP contribution >= 0.6 is 11.3 Å². The van der Waals surface area contributed by atoms with Crippen molar-refractivity contribution < 1.29 is 18.3 Å². The van der Waals surface area contributed by atoms with Gasteiger partial charge in [-0.2, -0.15) is 14.0 Å². The molecule has 1 heterocycles. The lowest BCUT2D eigenvalue weighted by Crippen LogP contribution is -2.11. The first-order valence-electron chi connectivity index (χ1n) is 5.92. The molecule has 1 atom stereocenters. The van der Waals surface area contributed by atoms with Gasteiger partial charge in [0.05, 0.1) is 6.07 Å². The second kappa shape index (κ2) is 6.41. The van der Waals surface area contributed by atoms with Gasteiger partial charge >= 0.3 is 6.61 Å². The molecule has 7 heteroatoms. The third-order valence-electron chi connectivity index (χ3n) is 2.62. The minimum Gasteiger partial charge on any atom is -0.435 e. The van der Waals surface area contributed by atoms with Crippen molar-refractivity contribution in [2.75, 3.05) is 0 Å². The fourth-order valence-corrected chi connectivity index (χ4v) is 2.56. The highest BCUT2D eigenvalue weighted by molar-refractivity contribution is 7.10. The summed E-state index contributed by atoms with van der Waals surface area (Å²) in [5, 5.41) is 11.3. The lowest BCUT2D eigenvalue weighted by Gasteiger charge is -2.08. The predicted molar refractivity (Wildman–Crippen MR) is 72.6 cm³/mol. The van der Waals surface area contributed by atoms with Crippen LogP contribution in [0.25, 0.3) is 0 Å². The van der Waals surface area contributed by atoms with E-state index in [-0.39, 0.29) is 11.3 Å². The molecular weight excluding hydrogens is 298 g/mol. The van der Waals surface area contributed by atoms with Crippen LogP contribution in [0.5, 0.6) is 5.75 Å². The van der Waals surface area contributed by atoms with E-state index in [1.54, 1.807) is 12.3 Å². The third-order valence-corrected chi connectivity index (χ3v) is 3.65. The highest BCUT2D eigenvalue weighted by Crippen LogP contribution is 2.25. The summed E-state index contributed by atoms with van der Waals surface area (Å²) < 4.78 is 28.6. The van der Waals surface area contributed by atoms with Crippen molar-refractivity contribution in [3.05, 3.63) is 45.9 Å². The van der Waals surface area contributed by atoms with E-state index in [0.29, 0.717) is 5.01 Å². The molecule has 0 spiro atoms. The Morgan fingerprint density at radius 3 is 2.81 bits per heavy atom. The van der Waals surface area contributed by atoms with Gasteiger partial charge in [0.2, 0.25) is 0 Å². The molecule has 0 N–H and O–H groups in total. The Balaban J connectivity index is 2.28. The van der Waals surface area contributed by atoms with Gasteiger partial charge in [-0.25, -0.2) is 4.98 Å². The molecule has 0 saturated carbocycles. The number of aromatic nitrogens is 1. The Morgan fingerprint density at radius 1 is 1.48 bits per heavy atom. The summed E-state index contributed by atoms with van der Waals surface area (Å²) in [5.74, 6) is -1.67. The van der Waals surface area contributed by atoms with Crippen LogP contribution in [0, 0.1) is 18.3 Å². The number of nitrogens with zero attached hydrogens (tertiary/aromatic N) is 2. The predicted octanol–water partition coefficient (Wildman–Crippen LogP) is 3.54. The summed E-state index contributed by atoms with van der Waals surface area (Å²) in [6, 6.07) is 7.28. The summed E-state index contributed by atoms with van der Waals surface area (Å²) in [6.07, 6.45) is 0. The van der Waals surface area contributed by atoms with E-state index in [1.165, 1.54) is 35.6 Å². The van der Waals surface area contributed by atoms with Crippen LogP contribution in [-0.2, 0) is 0 Å². The van der Waals surface area contributed by atoms with Gasteiger partial charge in [-0.1, -0.05) is 12.1 Å². The molecular formula is C14H10F2N2O2S. The molecule has 21 heavy (non-hydrogen) atoms. The molecule has 1 aromatic carbocycles. The number of ketones is 1. The summed E-state index contributed by atoms with van der Waals surface area (Å²) >= 11 is 1.21. The number of hydrogen-bond acceptors (Lipinski definition) is 5. The number of ether oxygens (including phenoxy) is 1. The Bertz CT molecular complexity index is 694. The molecule has 0 radical (unpaired) electrons. The van der Waals surface area contributed by atoms with Gasteiger partial charge in [-0.3, -0.25) is 4.79 Å². The zero-order chi connectivity index (χ0) is 15.4. The van der Waals surface area contributed by atoms with Crippen LogP contribution in [0.3, 0.4) is 0 Å². The van der Waals surface area contributed by atoms with Crippen LogP contribution in [0.15, 0.2) is 29.6 Å². The fraction of sp³-hybridized carbons (Fsp3) is 0.214. The number of thiazole rings is 1. The second-order valence-electron chi connectivity index (χ2n) is 4.16. The van der Waals surface area contributed by atoms with Crippen LogP contribution in [-0.4, -0.2) is 17.4 Å². The number of aryl methyl sites for hydroxylation is 1.